The van der Waals surface area contributed by atoms with Crippen LogP contribution in [0.1, 0.15) is 0 Å². The molecule has 3 nitrogen and oxygen atoms in total. The molecule has 0 atom stereocenters. The summed E-state index contributed by atoms with van der Waals surface area (Å²) in [6.07, 6.45) is 1.70. The summed E-state index contributed by atoms with van der Waals surface area (Å²) in [7, 11) is 1.57. The highest BCUT2D eigenvalue weighted by atomic mass is 35.5. The van der Waals surface area contributed by atoms with Crippen LogP contribution in [0, 0.1) is 0 Å². The maximum absolute atomic E-state index is 6.26. The van der Waals surface area contributed by atoms with Crippen LogP contribution in [0.2, 0.25) is 5.15 Å². The lowest BCUT2D eigenvalue weighted by molar-refractivity contribution is 0.403. The smallest absolute Gasteiger partial charge is 0.224 e. The number of rotatable bonds is 2. The van der Waals surface area contributed by atoms with E-state index in [9.17, 15) is 0 Å². The topological polar surface area (TPSA) is 35.0 Å². The number of fused-ring (bicyclic) bond motifs is 1. The molecule has 0 aliphatic carbocycles. The van der Waals surface area contributed by atoms with E-state index in [1.54, 1.807) is 13.3 Å². The second kappa shape index (κ2) is 4.86. The van der Waals surface area contributed by atoms with Crippen LogP contribution in [0.3, 0.4) is 0 Å². The first-order valence-electron chi connectivity index (χ1n) is 5.84. The molecule has 0 aliphatic rings. The number of hydrogen-bond acceptors (Lipinski definition) is 3. The van der Waals surface area contributed by atoms with Gasteiger partial charge >= 0.3 is 0 Å². The van der Waals surface area contributed by atoms with E-state index in [1.807, 2.05) is 42.5 Å². The Morgan fingerprint density at radius 2 is 1.89 bits per heavy atom. The predicted octanol–water partition coefficient (Wildman–Crippen LogP) is 3.96. The number of benzene rings is 1. The Hall–Kier alpha value is -2.13. The van der Waals surface area contributed by atoms with Gasteiger partial charge in [-0.1, -0.05) is 41.9 Å². The van der Waals surface area contributed by atoms with Crippen LogP contribution in [0.25, 0.3) is 22.0 Å². The summed E-state index contributed by atoms with van der Waals surface area (Å²) in [5, 5.41) is 2.11. The van der Waals surface area contributed by atoms with Gasteiger partial charge in [0, 0.05) is 11.8 Å². The molecule has 2 heterocycles. The van der Waals surface area contributed by atoms with Crippen molar-refractivity contribution in [3.05, 3.63) is 53.8 Å². The summed E-state index contributed by atoms with van der Waals surface area (Å²) >= 11 is 6.26. The maximum atomic E-state index is 6.26. The molecule has 0 unspecified atom stereocenters. The lowest BCUT2D eigenvalue weighted by Crippen LogP contribution is -1.92. The fourth-order valence-electron chi connectivity index (χ4n) is 2.04. The van der Waals surface area contributed by atoms with Crippen molar-refractivity contribution in [1.82, 2.24) is 9.97 Å². The first-order valence-corrected chi connectivity index (χ1v) is 6.22. The summed E-state index contributed by atoms with van der Waals surface area (Å²) < 4.78 is 5.22. The van der Waals surface area contributed by atoms with Crippen LogP contribution in [-0.4, -0.2) is 17.1 Å². The number of pyridine rings is 2. The SMILES string of the molecule is COc1nccc2cc(-c3ccccc3)nc(Cl)c12. The van der Waals surface area contributed by atoms with E-state index < -0.39 is 0 Å². The maximum Gasteiger partial charge on any atom is 0.224 e. The standard InChI is InChI=1S/C15H11ClN2O/c1-19-15-13-11(7-8-17-15)9-12(18-14(13)16)10-5-3-2-4-6-10/h2-9H,1H3. The van der Waals surface area contributed by atoms with Gasteiger partial charge in [-0.05, 0) is 17.5 Å². The van der Waals surface area contributed by atoms with E-state index in [0.29, 0.717) is 11.0 Å². The highest BCUT2D eigenvalue weighted by Crippen LogP contribution is 2.32. The minimum atomic E-state index is 0.404. The molecule has 2 aromatic heterocycles. The molecule has 3 aromatic rings. The molecule has 0 aliphatic heterocycles. The van der Waals surface area contributed by atoms with Crippen LogP contribution < -0.4 is 4.74 Å². The Labute approximate surface area is 115 Å². The van der Waals surface area contributed by atoms with Gasteiger partial charge in [0.15, 0.2) is 0 Å². The van der Waals surface area contributed by atoms with E-state index in [2.05, 4.69) is 9.97 Å². The minimum Gasteiger partial charge on any atom is -0.480 e. The van der Waals surface area contributed by atoms with Crippen molar-refractivity contribution >= 4 is 22.4 Å². The van der Waals surface area contributed by atoms with Gasteiger partial charge in [-0.3, -0.25) is 0 Å². The largest absolute Gasteiger partial charge is 0.480 e. The van der Waals surface area contributed by atoms with Crippen molar-refractivity contribution in [3.8, 4) is 17.1 Å². The van der Waals surface area contributed by atoms with Gasteiger partial charge in [0.25, 0.3) is 0 Å². The first-order chi connectivity index (χ1) is 9.29. The Bertz CT molecular complexity index is 729. The fraction of sp³-hybridized carbons (Fsp3) is 0.0667. The molecular weight excluding hydrogens is 260 g/mol. The first kappa shape index (κ1) is 11.9. The highest BCUT2D eigenvalue weighted by molar-refractivity contribution is 6.35. The van der Waals surface area contributed by atoms with Crippen LogP contribution in [0.4, 0.5) is 0 Å². The van der Waals surface area contributed by atoms with Crippen molar-refractivity contribution < 1.29 is 4.74 Å². The minimum absolute atomic E-state index is 0.404. The summed E-state index contributed by atoms with van der Waals surface area (Å²) in [6.45, 7) is 0. The van der Waals surface area contributed by atoms with Crippen LogP contribution >= 0.6 is 11.6 Å². The number of ether oxygens (including phenoxy) is 1. The summed E-state index contributed by atoms with van der Waals surface area (Å²) in [5.41, 5.74) is 1.87. The summed E-state index contributed by atoms with van der Waals surface area (Å²) in [6, 6.07) is 13.8. The van der Waals surface area contributed by atoms with E-state index in [0.717, 1.165) is 22.0 Å². The third-order valence-electron chi connectivity index (χ3n) is 2.93. The quantitative estimate of drug-likeness (QED) is 0.661. The van der Waals surface area contributed by atoms with Crippen LogP contribution in [0.5, 0.6) is 5.88 Å². The molecular formula is C15H11ClN2O. The molecule has 0 bridgehead atoms. The molecule has 0 radical (unpaired) electrons. The number of halogens is 1. The Morgan fingerprint density at radius 1 is 1.11 bits per heavy atom. The van der Waals surface area contributed by atoms with Gasteiger partial charge in [-0.25, -0.2) is 9.97 Å². The zero-order chi connectivity index (χ0) is 13.2. The predicted molar refractivity (Wildman–Crippen MR) is 76.5 cm³/mol. The highest BCUT2D eigenvalue weighted by Gasteiger charge is 2.11. The molecule has 94 valence electrons. The van der Waals surface area contributed by atoms with Crippen molar-refractivity contribution in [2.75, 3.05) is 7.11 Å². The Balaban J connectivity index is 2.26. The number of nitrogens with zero attached hydrogens (tertiary/aromatic N) is 2. The second-order valence-electron chi connectivity index (χ2n) is 4.08. The molecule has 1 aromatic carbocycles. The van der Waals surface area contributed by atoms with Crippen LogP contribution in [-0.2, 0) is 0 Å². The van der Waals surface area contributed by atoms with Gasteiger partial charge in [-0.2, -0.15) is 0 Å². The fourth-order valence-corrected chi connectivity index (χ4v) is 2.32. The van der Waals surface area contributed by atoms with Crippen molar-refractivity contribution in [3.63, 3.8) is 0 Å². The Morgan fingerprint density at radius 3 is 2.63 bits per heavy atom. The van der Waals surface area contributed by atoms with Gasteiger partial charge in [0.05, 0.1) is 18.2 Å². The van der Waals surface area contributed by atoms with Crippen molar-refractivity contribution in [2.24, 2.45) is 0 Å². The molecule has 0 spiro atoms. The normalized spacial score (nSPS) is 10.6. The van der Waals surface area contributed by atoms with Gasteiger partial charge in [0.1, 0.15) is 5.15 Å². The van der Waals surface area contributed by atoms with Gasteiger partial charge in [-0.15, -0.1) is 0 Å². The van der Waals surface area contributed by atoms with E-state index >= 15 is 0 Å². The number of methoxy groups -OCH3 is 1. The lowest BCUT2D eigenvalue weighted by Gasteiger charge is -2.08. The third kappa shape index (κ3) is 2.13. The zero-order valence-electron chi connectivity index (χ0n) is 10.3. The third-order valence-corrected chi connectivity index (χ3v) is 3.20. The molecule has 0 N–H and O–H groups in total. The van der Waals surface area contributed by atoms with E-state index in [4.69, 9.17) is 16.3 Å². The molecule has 0 saturated heterocycles. The molecule has 3 rings (SSSR count). The molecule has 0 saturated carbocycles. The van der Waals surface area contributed by atoms with Crippen molar-refractivity contribution in [1.29, 1.82) is 0 Å². The number of hydrogen-bond donors (Lipinski definition) is 0. The Kier molecular flexibility index (Phi) is 3.05. The average Bonchev–Trinajstić information content (AvgIpc) is 2.47. The van der Waals surface area contributed by atoms with Gasteiger partial charge in [0.2, 0.25) is 5.88 Å². The van der Waals surface area contributed by atoms with E-state index in [1.165, 1.54) is 0 Å². The molecule has 19 heavy (non-hydrogen) atoms. The zero-order valence-corrected chi connectivity index (χ0v) is 11.1. The van der Waals surface area contributed by atoms with Crippen LogP contribution in [0.15, 0.2) is 48.7 Å². The summed E-state index contributed by atoms with van der Waals surface area (Å²) in [5.74, 6) is 0.495. The second-order valence-corrected chi connectivity index (χ2v) is 4.44. The van der Waals surface area contributed by atoms with Crippen molar-refractivity contribution in [2.45, 2.75) is 0 Å². The van der Waals surface area contributed by atoms with E-state index in [-0.39, 0.29) is 0 Å². The summed E-state index contributed by atoms with van der Waals surface area (Å²) in [4.78, 5) is 8.57. The lowest BCUT2D eigenvalue weighted by atomic mass is 10.1. The molecule has 4 heteroatoms. The van der Waals surface area contributed by atoms with Gasteiger partial charge < -0.3 is 4.74 Å². The number of aromatic nitrogens is 2. The monoisotopic (exact) mass is 270 g/mol. The average molecular weight is 271 g/mol. The molecule has 0 amide bonds. The molecule has 0 fully saturated rings.